The number of nitrogens with zero attached hydrogens (tertiary/aromatic N) is 1. The molecule has 1 rings (SSSR count). The summed E-state index contributed by atoms with van der Waals surface area (Å²) in [7, 11) is 0. The third-order valence-electron chi connectivity index (χ3n) is 1.57. The van der Waals surface area contributed by atoms with Crippen LogP contribution in [0.25, 0.3) is 0 Å². The van der Waals surface area contributed by atoms with E-state index < -0.39 is 28.8 Å². The molecule has 0 aliphatic heterocycles. The average Bonchev–Trinajstić information content (AvgIpc) is 2.08. The van der Waals surface area contributed by atoms with Gasteiger partial charge in [-0.3, -0.25) is 10.1 Å². The maximum Gasteiger partial charge on any atom is 0.387 e. The van der Waals surface area contributed by atoms with Crippen LogP contribution in [0.3, 0.4) is 0 Å². The Hall–Kier alpha value is -1.79. The minimum absolute atomic E-state index is 0.251. The predicted molar refractivity (Wildman–Crippen MR) is 44.4 cm³/mol. The van der Waals surface area contributed by atoms with Gasteiger partial charge in [-0.25, -0.2) is 4.39 Å². The lowest BCUT2D eigenvalue weighted by molar-refractivity contribution is -0.386. The molecule has 0 heterocycles. The van der Waals surface area contributed by atoms with E-state index in [1.165, 1.54) is 6.92 Å². The zero-order valence-corrected chi connectivity index (χ0v) is 7.54. The highest BCUT2D eigenvalue weighted by Crippen LogP contribution is 2.32. The quantitative estimate of drug-likeness (QED) is 0.582. The number of hydrogen-bond acceptors (Lipinski definition) is 3. The molecule has 0 fully saturated rings. The number of alkyl halides is 2. The molecule has 0 atom stereocenters. The number of aryl methyl sites for hydroxylation is 1. The lowest BCUT2D eigenvalue weighted by Gasteiger charge is -2.06. The summed E-state index contributed by atoms with van der Waals surface area (Å²) in [4.78, 5) is 9.44. The molecule has 1 aromatic carbocycles. The van der Waals surface area contributed by atoms with Crippen LogP contribution in [0, 0.1) is 22.9 Å². The summed E-state index contributed by atoms with van der Waals surface area (Å²) < 4.78 is 40.5. The Labute approximate surface area is 82.4 Å². The van der Waals surface area contributed by atoms with Crippen LogP contribution in [0.2, 0.25) is 0 Å². The molecule has 0 N–H and O–H groups in total. The first-order chi connectivity index (χ1) is 6.91. The van der Waals surface area contributed by atoms with Gasteiger partial charge in [-0.15, -0.1) is 0 Å². The van der Waals surface area contributed by atoms with Crippen molar-refractivity contribution in [3.8, 4) is 5.75 Å². The highest BCUT2D eigenvalue weighted by atomic mass is 19.3. The van der Waals surface area contributed by atoms with Crippen molar-refractivity contribution in [2.75, 3.05) is 0 Å². The van der Waals surface area contributed by atoms with Crippen molar-refractivity contribution in [3.05, 3.63) is 33.6 Å². The summed E-state index contributed by atoms with van der Waals surface area (Å²) >= 11 is 0. The molecule has 0 unspecified atom stereocenters. The summed E-state index contributed by atoms with van der Waals surface area (Å²) in [5.41, 5.74) is -0.561. The van der Waals surface area contributed by atoms with E-state index in [4.69, 9.17) is 0 Å². The first kappa shape index (κ1) is 11.3. The number of ether oxygens (including phenoxy) is 1. The maximum atomic E-state index is 13.1. The van der Waals surface area contributed by atoms with E-state index in [0.717, 1.165) is 12.1 Å². The molecule has 0 aromatic heterocycles. The number of nitro groups is 1. The monoisotopic (exact) mass is 221 g/mol. The van der Waals surface area contributed by atoms with Crippen LogP contribution in [-0.2, 0) is 0 Å². The maximum absolute atomic E-state index is 13.1. The van der Waals surface area contributed by atoms with Crippen molar-refractivity contribution in [1.82, 2.24) is 0 Å². The van der Waals surface area contributed by atoms with Gasteiger partial charge in [-0.2, -0.15) is 8.78 Å². The molecule has 1 aromatic rings. The molecular weight excluding hydrogens is 215 g/mol. The summed E-state index contributed by atoms with van der Waals surface area (Å²) in [6.45, 7) is -1.90. The summed E-state index contributed by atoms with van der Waals surface area (Å²) in [5, 5.41) is 10.4. The zero-order chi connectivity index (χ0) is 11.6. The van der Waals surface area contributed by atoms with Crippen LogP contribution in [0.15, 0.2) is 12.1 Å². The summed E-state index contributed by atoms with van der Waals surface area (Å²) in [6.07, 6.45) is 0. The van der Waals surface area contributed by atoms with E-state index in [9.17, 15) is 23.3 Å². The van der Waals surface area contributed by atoms with E-state index >= 15 is 0 Å². The van der Waals surface area contributed by atoms with Gasteiger partial charge in [0.1, 0.15) is 0 Å². The summed E-state index contributed by atoms with van der Waals surface area (Å²) in [6, 6.07) is 1.84. The van der Waals surface area contributed by atoms with Crippen molar-refractivity contribution in [3.63, 3.8) is 0 Å². The topological polar surface area (TPSA) is 52.4 Å². The lowest BCUT2D eigenvalue weighted by Crippen LogP contribution is -2.06. The summed E-state index contributed by atoms with van der Waals surface area (Å²) in [5.74, 6) is -2.22. The highest BCUT2D eigenvalue weighted by Gasteiger charge is 2.23. The van der Waals surface area contributed by atoms with Gasteiger partial charge in [0.2, 0.25) is 5.75 Å². The van der Waals surface area contributed by atoms with Gasteiger partial charge < -0.3 is 4.74 Å². The van der Waals surface area contributed by atoms with Gasteiger partial charge in [-0.1, -0.05) is 0 Å². The molecule has 15 heavy (non-hydrogen) atoms. The minimum atomic E-state index is -3.30. The first-order valence-electron chi connectivity index (χ1n) is 3.81. The molecule has 82 valence electrons. The SMILES string of the molecule is Cc1cc(F)c(OC(F)F)c([N+](=O)[O-])c1. The second-order valence-corrected chi connectivity index (χ2v) is 2.73. The van der Waals surface area contributed by atoms with Crippen LogP contribution in [0.1, 0.15) is 5.56 Å². The second kappa shape index (κ2) is 4.16. The van der Waals surface area contributed by atoms with Crippen LogP contribution in [0.5, 0.6) is 5.75 Å². The van der Waals surface area contributed by atoms with Crippen molar-refractivity contribution in [2.24, 2.45) is 0 Å². The van der Waals surface area contributed by atoms with Crippen LogP contribution in [0.4, 0.5) is 18.9 Å². The van der Waals surface area contributed by atoms with Gasteiger partial charge >= 0.3 is 12.3 Å². The smallest absolute Gasteiger partial charge is 0.387 e. The fourth-order valence-corrected chi connectivity index (χ4v) is 1.05. The fraction of sp³-hybridized carbons (Fsp3) is 0.250. The molecule has 0 aliphatic rings. The predicted octanol–water partition coefficient (Wildman–Crippen LogP) is 2.64. The normalized spacial score (nSPS) is 10.5. The Morgan fingerprint density at radius 3 is 2.53 bits per heavy atom. The molecule has 0 aliphatic carbocycles. The standard InChI is InChI=1S/C8H6F3NO3/c1-4-2-5(9)7(15-8(10)11)6(3-4)12(13)14/h2-3,8H,1H3. The van der Waals surface area contributed by atoms with Crippen molar-refractivity contribution in [2.45, 2.75) is 13.5 Å². The highest BCUT2D eigenvalue weighted by molar-refractivity contribution is 5.49. The van der Waals surface area contributed by atoms with Gasteiger partial charge in [0.05, 0.1) is 4.92 Å². The van der Waals surface area contributed by atoms with E-state index in [1.807, 2.05) is 0 Å². The molecule has 0 saturated carbocycles. The molecule has 0 saturated heterocycles. The van der Waals surface area contributed by atoms with Gasteiger partial charge in [-0.05, 0) is 18.6 Å². The molecule has 0 radical (unpaired) electrons. The molecule has 7 heteroatoms. The molecule has 0 spiro atoms. The largest absolute Gasteiger partial charge is 0.424 e. The molecule has 0 bridgehead atoms. The lowest BCUT2D eigenvalue weighted by atomic mass is 10.2. The first-order valence-corrected chi connectivity index (χ1v) is 3.81. The Morgan fingerprint density at radius 2 is 2.07 bits per heavy atom. The number of nitro benzene ring substituents is 1. The van der Waals surface area contributed by atoms with Gasteiger partial charge in [0, 0.05) is 6.07 Å². The Balaban J connectivity index is 3.27. The van der Waals surface area contributed by atoms with Crippen molar-refractivity contribution < 1.29 is 22.8 Å². The van der Waals surface area contributed by atoms with Gasteiger partial charge in [0.25, 0.3) is 0 Å². The number of halogens is 3. The van der Waals surface area contributed by atoms with Gasteiger partial charge in [0.15, 0.2) is 5.82 Å². The molecule has 4 nitrogen and oxygen atoms in total. The Bertz CT molecular complexity index is 395. The minimum Gasteiger partial charge on any atom is -0.424 e. The van der Waals surface area contributed by atoms with E-state index in [1.54, 1.807) is 0 Å². The zero-order valence-electron chi connectivity index (χ0n) is 7.54. The van der Waals surface area contributed by atoms with Crippen molar-refractivity contribution in [1.29, 1.82) is 0 Å². The fourth-order valence-electron chi connectivity index (χ4n) is 1.05. The average molecular weight is 221 g/mol. The number of hydrogen-bond donors (Lipinski definition) is 0. The Morgan fingerprint density at radius 1 is 1.47 bits per heavy atom. The molecule has 0 amide bonds. The number of benzene rings is 1. The van der Waals surface area contributed by atoms with Crippen LogP contribution >= 0.6 is 0 Å². The Kier molecular flexibility index (Phi) is 3.13. The van der Waals surface area contributed by atoms with Crippen LogP contribution in [-0.4, -0.2) is 11.5 Å². The van der Waals surface area contributed by atoms with Crippen LogP contribution < -0.4 is 4.74 Å². The molecular formula is C8H6F3NO3. The third-order valence-corrected chi connectivity index (χ3v) is 1.57. The van der Waals surface area contributed by atoms with Crippen molar-refractivity contribution >= 4 is 5.69 Å². The third kappa shape index (κ3) is 2.58. The second-order valence-electron chi connectivity index (χ2n) is 2.73. The number of rotatable bonds is 3. The van der Waals surface area contributed by atoms with E-state index in [0.29, 0.717) is 0 Å². The van der Waals surface area contributed by atoms with E-state index in [-0.39, 0.29) is 5.56 Å². The van der Waals surface area contributed by atoms with E-state index in [2.05, 4.69) is 4.74 Å².